The van der Waals surface area contributed by atoms with Crippen molar-refractivity contribution in [3.8, 4) is 0 Å². The SMILES string of the molecule is CC(=O)NCCNC(=O)CCCN(C)S(=O)(=O)c1cccs1. The Morgan fingerprint density at radius 3 is 2.55 bits per heavy atom. The lowest BCUT2D eigenvalue weighted by Gasteiger charge is -2.15. The van der Waals surface area contributed by atoms with Gasteiger partial charge in [0.15, 0.2) is 0 Å². The monoisotopic (exact) mass is 347 g/mol. The first-order valence-electron chi connectivity index (χ1n) is 6.85. The molecule has 7 nitrogen and oxygen atoms in total. The van der Waals surface area contributed by atoms with Crippen molar-refractivity contribution in [3.63, 3.8) is 0 Å². The van der Waals surface area contributed by atoms with E-state index in [0.717, 1.165) is 0 Å². The van der Waals surface area contributed by atoms with Crippen LogP contribution in [0.5, 0.6) is 0 Å². The van der Waals surface area contributed by atoms with Gasteiger partial charge in [-0.3, -0.25) is 9.59 Å². The van der Waals surface area contributed by atoms with E-state index in [1.165, 1.54) is 29.6 Å². The van der Waals surface area contributed by atoms with Crippen LogP contribution in [0.25, 0.3) is 0 Å². The molecule has 0 atom stereocenters. The van der Waals surface area contributed by atoms with Gasteiger partial charge in [0.05, 0.1) is 0 Å². The maximum atomic E-state index is 12.1. The van der Waals surface area contributed by atoms with E-state index in [-0.39, 0.29) is 24.8 Å². The maximum Gasteiger partial charge on any atom is 0.252 e. The van der Waals surface area contributed by atoms with E-state index in [4.69, 9.17) is 0 Å². The number of nitrogens with zero attached hydrogens (tertiary/aromatic N) is 1. The summed E-state index contributed by atoms with van der Waals surface area (Å²) in [4.78, 5) is 22.2. The Labute approximate surface area is 134 Å². The smallest absolute Gasteiger partial charge is 0.252 e. The predicted molar refractivity (Wildman–Crippen MR) is 85.1 cm³/mol. The van der Waals surface area contributed by atoms with Gasteiger partial charge in [0, 0.05) is 40.0 Å². The molecule has 2 amide bonds. The molecule has 2 N–H and O–H groups in total. The van der Waals surface area contributed by atoms with E-state index < -0.39 is 10.0 Å². The molecule has 0 aliphatic carbocycles. The standard InChI is InChI=1S/C13H21N3O4S2/c1-11(17)14-7-8-15-12(18)5-3-9-16(2)22(19,20)13-6-4-10-21-13/h4,6,10H,3,5,7-9H2,1-2H3,(H,14,17)(H,15,18). The molecule has 0 radical (unpaired) electrons. The lowest BCUT2D eigenvalue weighted by Crippen LogP contribution is -2.34. The van der Waals surface area contributed by atoms with E-state index in [0.29, 0.717) is 23.7 Å². The molecule has 9 heteroatoms. The van der Waals surface area contributed by atoms with Crippen LogP contribution in [0, 0.1) is 0 Å². The van der Waals surface area contributed by atoms with Crippen molar-refractivity contribution in [1.82, 2.24) is 14.9 Å². The number of rotatable bonds is 9. The molecular formula is C13H21N3O4S2. The molecule has 0 aliphatic heterocycles. The van der Waals surface area contributed by atoms with Crippen molar-refractivity contribution >= 4 is 33.2 Å². The van der Waals surface area contributed by atoms with Crippen LogP contribution in [0.15, 0.2) is 21.7 Å². The first kappa shape index (κ1) is 18.6. The molecule has 0 saturated carbocycles. The maximum absolute atomic E-state index is 12.1. The average Bonchev–Trinajstić information content (AvgIpc) is 2.98. The highest BCUT2D eigenvalue weighted by molar-refractivity contribution is 7.91. The minimum Gasteiger partial charge on any atom is -0.355 e. The molecule has 0 unspecified atom stereocenters. The molecule has 1 heterocycles. The number of nitrogens with one attached hydrogen (secondary N) is 2. The third-order valence-electron chi connectivity index (χ3n) is 2.86. The summed E-state index contributed by atoms with van der Waals surface area (Å²) >= 11 is 1.17. The minimum atomic E-state index is -3.45. The molecule has 0 fully saturated rings. The van der Waals surface area contributed by atoms with Crippen molar-refractivity contribution < 1.29 is 18.0 Å². The molecule has 1 aromatic heterocycles. The lowest BCUT2D eigenvalue weighted by molar-refractivity contribution is -0.122. The Balaban J connectivity index is 2.26. The van der Waals surface area contributed by atoms with Gasteiger partial charge in [0.1, 0.15) is 4.21 Å². The van der Waals surface area contributed by atoms with Crippen LogP contribution in [0.4, 0.5) is 0 Å². The minimum absolute atomic E-state index is 0.144. The summed E-state index contributed by atoms with van der Waals surface area (Å²) in [5, 5.41) is 6.94. The zero-order valence-electron chi connectivity index (χ0n) is 12.7. The van der Waals surface area contributed by atoms with Crippen LogP contribution in [0.3, 0.4) is 0 Å². The van der Waals surface area contributed by atoms with Gasteiger partial charge in [0.2, 0.25) is 11.8 Å². The highest BCUT2D eigenvalue weighted by Crippen LogP contribution is 2.19. The van der Waals surface area contributed by atoms with Gasteiger partial charge in [0.25, 0.3) is 10.0 Å². The van der Waals surface area contributed by atoms with Crippen LogP contribution in [0.1, 0.15) is 19.8 Å². The zero-order chi connectivity index (χ0) is 16.6. The number of carbonyl (C=O) groups excluding carboxylic acids is 2. The van der Waals surface area contributed by atoms with Gasteiger partial charge in [-0.15, -0.1) is 11.3 Å². The normalized spacial score (nSPS) is 11.4. The summed E-state index contributed by atoms with van der Waals surface area (Å²) in [7, 11) is -1.95. The number of hydrogen-bond donors (Lipinski definition) is 2. The van der Waals surface area contributed by atoms with Crippen molar-refractivity contribution in [2.45, 2.75) is 24.0 Å². The Bertz CT molecular complexity index is 584. The molecule has 0 bridgehead atoms. The summed E-state index contributed by atoms with van der Waals surface area (Å²) in [5.41, 5.74) is 0. The molecule has 124 valence electrons. The quantitative estimate of drug-likeness (QED) is 0.632. The van der Waals surface area contributed by atoms with Crippen molar-refractivity contribution in [2.75, 3.05) is 26.7 Å². The van der Waals surface area contributed by atoms with E-state index in [1.54, 1.807) is 17.5 Å². The highest BCUT2D eigenvalue weighted by atomic mass is 32.2. The van der Waals surface area contributed by atoms with Gasteiger partial charge in [-0.1, -0.05) is 6.07 Å². The topological polar surface area (TPSA) is 95.6 Å². The lowest BCUT2D eigenvalue weighted by atomic mass is 10.3. The number of hydrogen-bond acceptors (Lipinski definition) is 5. The van der Waals surface area contributed by atoms with Gasteiger partial charge in [-0.05, 0) is 17.9 Å². The van der Waals surface area contributed by atoms with E-state index in [1.807, 2.05) is 0 Å². The number of thiophene rings is 1. The third kappa shape index (κ3) is 6.12. The molecule has 0 aromatic carbocycles. The third-order valence-corrected chi connectivity index (χ3v) is 6.09. The second-order valence-corrected chi connectivity index (χ2v) is 7.91. The van der Waals surface area contributed by atoms with Crippen molar-refractivity contribution in [3.05, 3.63) is 17.5 Å². The first-order chi connectivity index (χ1) is 10.3. The van der Waals surface area contributed by atoms with Crippen LogP contribution in [-0.4, -0.2) is 51.2 Å². The first-order valence-corrected chi connectivity index (χ1v) is 9.17. The summed E-state index contributed by atoms with van der Waals surface area (Å²) in [6, 6.07) is 3.25. The van der Waals surface area contributed by atoms with Gasteiger partial charge in [-0.25, -0.2) is 12.7 Å². The predicted octanol–water partition coefficient (Wildman–Crippen LogP) is 0.401. The Kier molecular flexibility index (Phi) is 7.49. The Morgan fingerprint density at radius 1 is 1.27 bits per heavy atom. The van der Waals surface area contributed by atoms with Crippen molar-refractivity contribution in [2.24, 2.45) is 0 Å². The van der Waals surface area contributed by atoms with Crippen LogP contribution in [-0.2, 0) is 19.6 Å². The van der Waals surface area contributed by atoms with E-state index in [9.17, 15) is 18.0 Å². The van der Waals surface area contributed by atoms with Gasteiger partial charge < -0.3 is 10.6 Å². The molecular weight excluding hydrogens is 326 g/mol. The van der Waals surface area contributed by atoms with E-state index in [2.05, 4.69) is 10.6 Å². The Hall–Kier alpha value is -1.45. The fraction of sp³-hybridized carbons (Fsp3) is 0.538. The van der Waals surface area contributed by atoms with Gasteiger partial charge >= 0.3 is 0 Å². The van der Waals surface area contributed by atoms with Crippen LogP contribution < -0.4 is 10.6 Å². The molecule has 0 spiro atoms. The molecule has 1 aromatic rings. The molecule has 22 heavy (non-hydrogen) atoms. The number of sulfonamides is 1. The molecule has 0 aliphatic rings. The Morgan fingerprint density at radius 2 is 1.95 bits per heavy atom. The highest BCUT2D eigenvalue weighted by Gasteiger charge is 2.21. The summed E-state index contributed by atoms with van der Waals surface area (Å²) in [5.74, 6) is -0.304. The number of amides is 2. The van der Waals surface area contributed by atoms with Crippen LogP contribution in [0.2, 0.25) is 0 Å². The van der Waals surface area contributed by atoms with Crippen molar-refractivity contribution in [1.29, 1.82) is 0 Å². The van der Waals surface area contributed by atoms with Crippen LogP contribution >= 0.6 is 11.3 Å². The zero-order valence-corrected chi connectivity index (χ0v) is 14.3. The number of carbonyl (C=O) groups is 2. The molecule has 1 rings (SSSR count). The van der Waals surface area contributed by atoms with Gasteiger partial charge in [-0.2, -0.15) is 0 Å². The molecule has 0 saturated heterocycles. The summed E-state index contributed by atoms with van der Waals surface area (Å²) in [6.45, 7) is 2.43. The summed E-state index contributed by atoms with van der Waals surface area (Å²) in [6.07, 6.45) is 0.678. The fourth-order valence-corrected chi connectivity index (χ4v) is 4.09. The second-order valence-electron chi connectivity index (χ2n) is 4.70. The second kappa shape index (κ2) is 8.86. The van der Waals surface area contributed by atoms with E-state index >= 15 is 0 Å². The average molecular weight is 347 g/mol. The fourth-order valence-electron chi connectivity index (χ4n) is 1.68. The summed E-state index contributed by atoms with van der Waals surface area (Å²) < 4.78 is 25.8. The largest absolute Gasteiger partial charge is 0.355 e.